The van der Waals surface area contributed by atoms with Crippen LogP contribution in [0.25, 0.3) is 10.9 Å². The molecule has 0 saturated carbocycles. The average molecular weight is 450 g/mol. The van der Waals surface area contributed by atoms with E-state index in [-0.39, 0.29) is 5.91 Å². The van der Waals surface area contributed by atoms with Crippen molar-refractivity contribution in [3.05, 3.63) is 106 Å². The molecule has 4 aromatic rings. The van der Waals surface area contributed by atoms with E-state index in [9.17, 15) is 4.79 Å². The topological polar surface area (TPSA) is 46.4 Å². The summed E-state index contributed by atoms with van der Waals surface area (Å²) in [6, 6.07) is 23.5. The van der Waals surface area contributed by atoms with Crippen LogP contribution in [0.15, 0.2) is 84.1 Å². The van der Waals surface area contributed by atoms with Crippen molar-refractivity contribution in [1.29, 1.82) is 0 Å². The summed E-state index contributed by atoms with van der Waals surface area (Å²) in [5.74, 6) is -0.114. The highest BCUT2D eigenvalue weighted by molar-refractivity contribution is 6.35. The summed E-state index contributed by atoms with van der Waals surface area (Å²) in [5.41, 5.74) is 6.71. The summed E-state index contributed by atoms with van der Waals surface area (Å²) in [5, 5.41) is 6.47. The summed E-state index contributed by atoms with van der Waals surface area (Å²) < 4.78 is 2.11. The zero-order valence-electron chi connectivity index (χ0n) is 16.8. The van der Waals surface area contributed by atoms with Crippen molar-refractivity contribution in [2.24, 2.45) is 5.10 Å². The number of benzene rings is 3. The van der Waals surface area contributed by atoms with Gasteiger partial charge in [0.25, 0.3) is 0 Å². The van der Waals surface area contributed by atoms with Crippen LogP contribution < -0.4 is 5.43 Å². The van der Waals surface area contributed by atoms with E-state index in [1.165, 1.54) is 0 Å². The van der Waals surface area contributed by atoms with Crippen molar-refractivity contribution in [2.75, 3.05) is 0 Å². The molecule has 0 bridgehead atoms. The highest BCUT2D eigenvalue weighted by Gasteiger charge is 2.09. The smallest absolute Gasteiger partial charge is 0.240 e. The number of hydrogen-bond acceptors (Lipinski definition) is 2. The number of fused-ring (bicyclic) bond motifs is 1. The van der Waals surface area contributed by atoms with Gasteiger partial charge in [-0.3, -0.25) is 4.79 Å². The summed E-state index contributed by atoms with van der Waals surface area (Å²) in [6.45, 7) is 0.605. The summed E-state index contributed by atoms with van der Waals surface area (Å²) >= 11 is 12.4. The molecule has 1 N–H and O–H groups in total. The standard InChI is InChI=1S/C25H21Cl2N3O/c26-21-12-11-19(23(27)14-21)16-30-17-20(22-8-4-5-9-24(22)30)15-28-29-25(31)13-10-18-6-2-1-3-7-18/h1-9,11-12,14-15,17H,10,13,16H2,(H,29,31)/b28-15-. The summed E-state index contributed by atoms with van der Waals surface area (Å²) in [4.78, 5) is 12.1. The monoisotopic (exact) mass is 449 g/mol. The lowest BCUT2D eigenvalue weighted by atomic mass is 10.1. The van der Waals surface area contributed by atoms with Gasteiger partial charge in [-0.15, -0.1) is 0 Å². The number of hydrogen-bond donors (Lipinski definition) is 1. The first-order chi connectivity index (χ1) is 15.1. The molecule has 4 rings (SSSR count). The molecule has 4 nitrogen and oxygen atoms in total. The first-order valence-corrected chi connectivity index (χ1v) is 10.7. The molecule has 0 aliphatic rings. The largest absolute Gasteiger partial charge is 0.342 e. The van der Waals surface area contributed by atoms with Crippen molar-refractivity contribution in [3.63, 3.8) is 0 Å². The molecule has 0 aliphatic carbocycles. The number of hydrazone groups is 1. The molecule has 0 unspecified atom stereocenters. The SMILES string of the molecule is O=C(CCc1ccccc1)N/N=C\c1cn(Cc2ccc(Cl)cc2Cl)c2ccccc12. The van der Waals surface area contributed by atoms with E-state index in [4.69, 9.17) is 23.2 Å². The molecule has 6 heteroatoms. The third-order valence-corrected chi connectivity index (χ3v) is 5.64. The Hall–Kier alpha value is -3.08. The Morgan fingerprint density at radius 3 is 2.58 bits per heavy atom. The fourth-order valence-electron chi connectivity index (χ4n) is 3.47. The van der Waals surface area contributed by atoms with Crippen LogP contribution in [0.4, 0.5) is 0 Å². The molecule has 156 valence electrons. The molecule has 0 saturated heterocycles. The first kappa shape index (κ1) is 21.2. The van der Waals surface area contributed by atoms with E-state index in [0.717, 1.165) is 27.6 Å². The molecular formula is C25H21Cl2N3O. The van der Waals surface area contributed by atoms with Crippen molar-refractivity contribution in [3.8, 4) is 0 Å². The van der Waals surface area contributed by atoms with E-state index in [0.29, 0.717) is 29.4 Å². The molecule has 3 aromatic carbocycles. The molecule has 1 amide bonds. The molecule has 31 heavy (non-hydrogen) atoms. The predicted octanol–water partition coefficient (Wildman–Crippen LogP) is 6.08. The van der Waals surface area contributed by atoms with E-state index < -0.39 is 0 Å². The van der Waals surface area contributed by atoms with Gasteiger partial charge in [-0.2, -0.15) is 5.10 Å². The first-order valence-electron chi connectivity index (χ1n) is 9.98. The molecule has 0 atom stereocenters. The van der Waals surface area contributed by atoms with Gasteiger partial charge in [-0.05, 0) is 35.7 Å². The van der Waals surface area contributed by atoms with Crippen LogP contribution >= 0.6 is 23.2 Å². The zero-order chi connectivity index (χ0) is 21.6. The molecule has 1 aromatic heterocycles. The number of aromatic nitrogens is 1. The van der Waals surface area contributed by atoms with Gasteiger partial charge in [-0.1, -0.05) is 77.8 Å². The second-order valence-electron chi connectivity index (χ2n) is 7.24. The minimum atomic E-state index is -0.114. The maximum absolute atomic E-state index is 12.1. The number of halogens is 2. The average Bonchev–Trinajstić information content (AvgIpc) is 3.12. The highest BCUT2D eigenvalue weighted by Crippen LogP contribution is 2.25. The summed E-state index contributed by atoms with van der Waals surface area (Å²) in [6.07, 6.45) is 4.76. The van der Waals surface area contributed by atoms with E-state index in [1.807, 2.05) is 66.9 Å². The second-order valence-corrected chi connectivity index (χ2v) is 8.09. The van der Waals surface area contributed by atoms with E-state index >= 15 is 0 Å². The van der Waals surface area contributed by atoms with Crippen LogP contribution in [0.1, 0.15) is 23.1 Å². The van der Waals surface area contributed by atoms with Gasteiger partial charge in [0.05, 0.1) is 6.21 Å². The van der Waals surface area contributed by atoms with Crippen LogP contribution in [0.2, 0.25) is 10.0 Å². The number of carbonyl (C=O) groups excluding carboxylic acids is 1. The lowest BCUT2D eigenvalue weighted by molar-refractivity contribution is -0.121. The summed E-state index contributed by atoms with van der Waals surface area (Å²) in [7, 11) is 0. The van der Waals surface area contributed by atoms with E-state index in [2.05, 4.69) is 21.2 Å². The predicted molar refractivity (Wildman–Crippen MR) is 128 cm³/mol. The molecule has 1 heterocycles. The minimum absolute atomic E-state index is 0.114. The maximum atomic E-state index is 12.1. The third kappa shape index (κ3) is 5.35. The van der Waals surface area contributed by atoms with Crippen LogP contribution in [0.3, 0.4) is 0 Å². The molecular weight excluding hydrogens is 429 g/mol. The quantitative estimate of drug-likeness (QED) is 0.269. The molecule has 0 spiro atoms. The van der Waals surface area contributed by atoms with Crippen LogP contribution in [-0.4, -0.2) is 16.7 Å². The number of carbonyl (C=O) groups is 1. The van der Waals surface area contributed by atoms with Gasteiger partial charge in [0.2, 0.25) is 5.91 Å². The minimum Gasteiger partial charge on any atom is -0.342 e. The number of amides is 1. The molecule has 0 radical (unpaired) electrons. The number of aryl methyl sites for hydroxylation is 1. The van der Waals surface area contributed by atoms with Gasteiger partial charge in [0.15, 0.2) is 0 Å². The Morgan fingerprint density at radius 1 is 1.00 bits per heavy atom. The lowest BCUT2D eigenvalue weighted by Crippen LogP contribution is -2.17. The Balaban J connectivity index is 1.47. The third-order valence-electron chi connectivity index (χ3n) is 5.05. The maximum Gasteiger partial charge on any atom is 0.240 e. The molecule has 0 aliphatic heterocycles. The number of nitrogens with one attached hydrogen (secondary N) is 1. The van der Waals surface area contributed by atoms with Gasteiger partial charge < -0.3 is 4.57 Å². The van der Waals surface area contributed by atoms with Crippen molar-refractivity contribution in [1.82, 2.24) is 9.99 Å². The lowest BCUT2D eigenvalue weighted by Gasteiger charge is -2.08. The van der Waals surface area contributed by atoms with Crippen LogP contribution in [0, 0.1) is 0 Å². The normalized spacial score (nSPS) is 11.3. The van der Waals surface area contributed by atoms with Crippen molar-refractivity contribution < 1.29 is 4.79 Å². The van der Waals surface area contributed by atoms with Crippen LogP contribution in [-0.2, 0) is 17.8 Å². The Bertz CT molecular complexity index is 1230. The fraction of sp³-hybridized carbons (Fsp3) is 0.120. The van der Waals surface area contributed by atoms with Gasteiger partial charge >= 0.3 is 0 Å². The Kier molecular flexibility index (Phi) is 6.70. The molecule has 0 fully saturated rings. The number of nitrogens with zero attached hydrogens (tertiary/aromatic N) is 2. The zero-order valence-corrected chi connectivity index (χ0v) is 18.3. The van der Waals surface area contributed by atoms with Gasteiger partial charge in [0.1, 0.15) is 0 Å². The number of rotatable bonds is 7. The Labute approximate surface area is 191 Å². The van der Waals surface area contributed by atoms with Gasteiger partial charge in [0, 0.05) is 45.7 Å². The van der Waals surface area contributed by atoms with Gasteiger partial charge in [-0.25, -0.2) is 5.43 Å². The second kappa shape index (κ2) is 9.82. The highest BCUT2D eigenvalue weighted by atomic mass is 35.5. The van der Waals surface area contributed by atoms with Crippen molar-refractivity contribution in [2.45, 2.75) is 19.4 Å². The van der Waals surface area contributed by atoms with Crippen molar-refractivity contribution >= 4 is 46.2 Å². The fourth-order valence-corrected chi connectivity index (χ4v) is 3.94. The van der Waals surface area contributed by atoms with E-state index in [1.54, 1.807) is 12.3 Å². The number of para-hydroxylation sites is 1. The Morgan fingerprint density at radius 2 is 1.77 bits per heavy atom. The van der Waals surface area contributed by atoms with Crippen LogP contribution in [0.5, 0.6) is 0 Å².